The van der Waals surface area contributed by atoms with E-state index in [-0.39, 0.29) is 53.9 Å². The Labute approximate surface area is 257 Å². The van der Waals surface area contributed by atoms with Crippen LogP contribution in [-0.4, -0.2) is 38.1 Å². The Balaban J connectivity index is 0.0000144. The third-order valence-corrected chi connectivity index (χ3v) is 6.83. The Kier molecular flexibility index (Phi) is 22.4. The number of allylic oxidation sites excluding steroid dienone is 4. The maximum atomic E-state index is 12.7. The quantitative estimate of drug-likeness (QED) is 0.0700. The van der Waals surface area contributed by atoms with Gasteiger partial charge < -0.3 is 14.0 Å². The van der Waals surface area contributed by atoms with Gasteiger partial charge in [-0.1, -0.05) is 63.8 Å². The molecule has 0 aliphatic carbocycles. The van der Waals surface area contributed by atoms with Gasteiger partial charge in [0.2, 0.25) is 0 Å². The molecule has 0 spiro atoms. The van der Waals surface area contributed by atoms with E-state index < -0.39 is 27.0 Å². The van der Waals surface area contributed by atoms with E-state index >= 15 is 0 Å². The number of benzene rings is 1. The second-order valence-electron chi connectivity index (χ2n) is 9.36. The molecule has 9 heteroatoms. The molecular formula is C30H45NaO7S. The predicted molar refractivity (Wildman–Crippen MR) is 149 cm³/mol. The van der Waals surface area contributed by atoms with E-state index in [1.54, 1.807) is 0 Å². The molecule has 1 rings (SSSR count). The maximum Gasteiger partial charge on any atom is 1.00 e. The summed E-state index contributed by atoms with van der Waals surface area (Å²) in [5.41, 5.74) is -0.397. The fraction of sp³-hybridized carbons (Fsp3) is 0.600. The molecule has 0 aliphatic heterocycles. The third-order valence-electron chi connectivity index (χ3n) is 6.00. The molecule has 0 N–H and O–H groups in total. The molecule has 0 unspecified atom stereocenters. The fourth-order valence-corrected chi connectivity index (χ4v) is 4.23. The first-order chi connectivity index (χ1) is 18.3. The van der Waals surface area contributed by atoms with Gasteiger partial charge in [0.1, 0.15) is 10.1 Å². The second kappa shape index (κ2) is 23.3. The average molecular weight is 573 g/mol. The summed E-state index contributed by atoms with van der Waals surface area (Å²) >= 11 is 0. The molecule has 0 heterocycles. The summed E-state index contributed by atoms with van der Waals surface area (Å²) in [5.74, 6) is -1.61. The number of ether oxygens (including phenoxy) is 2. The molecule has 0 radical (unpaired) electrons. The molecule has 0 bridgehead atoms. The van der Waals surface area contributed by atoms with Crippen molar-refractivity contribution in [2.75, 3.05) is 13.2 Å². The van der Waals surface area contributed by atoms with E-state index in [4.69, 9.17) is 9.47 Å². The van der Waals surface area contributed by atoms with E-state index in [9.17, 15) is 22.6 Å². The van der Waals surface area contributed by atoms with Crippen molar-refractivity contribution in [1.82, 2.24) is 0 Å². The average Bonchev–Trinajstić information content (AvgIpc) is 2.89. The Morgan fingerprint density at radius 1 is 0.692 bits per heavy atom. The van der Waals surface area contributed by atoms with Crippen molar-refractivity contribution in [3.8, 4) is 0 Å². The van der Waals surface area contributed by atoms with Crippen molar-refractivity contribution in [3.63, 3.8) is 0 Å². The molecule has 0 atom stereocenters. The molecule has 0 aromatic heterocycles. The van der Waals surface area contributed by atoms with Gasteiger partial charge in [-0.15, -0.1) is 0 Å². The van der Waals surface area contributed by atoms with E-state index in [1.165, 1.54) is 38.5 Å². The van der Waals surface area contributed by atoms with Gasteiger partial charge in [0.15, 0.2) is 0 Å². The van der Waals surface area contributed by atoms with Gasteiger partial charge in [0, 0.05) is 0 Å². The molecule has 0 aliphatic rings. The Hall–Kier alpha value is -1.45. The van der Waals surface area contributed by atoms with Crippen LogP contribution < -0.4 is 29.6 Å². The molecular weight excluding hydrogens is 527 g/mol. The van der Waals surface area contributed by atoms with Crippen molar-refractivity contribution in [2.24, 2.45) is 0 Å². The monoisotopic (exact) mass is 572 g/mol. The second-order valence-corrected chi connectivity index (χ2v) is 10.7. The standard InChI is InChI=1S/C30H46O7S.Na/c1-3-5-7-9-11-13-15-17-19-23-36-29(31)27-22-21-26(38(33,34)35)25-28(27)30(32)37-24-20-18-16-14-12-10-8-6-4-2;/h11-14,21-22,25H,3-10,15-20,23-24H2,1-2H3,(H,33,34,35);/q;+1/p-1/b13-11+,14-12+;. The number of carbonyl (C=O) groups excluding carboxylic acids is 2. The number of hydrogen-bond donors (Lipinski definition) is 0. The summed E-state index contributed by atoms with van der Waals surface area (Å²) in [4.78, 5) is 24.7. The summed E-state index contributed by atoms with van der Waals surface area (Å²) in [6.07, 6.45) is 22.7. The van der Waals surface area contributed by atoms with E-state index in [1.807, 2.05) is 0 Å². The van der Waals surface area contributed by atoms with Crippen molar-refractivity contribution >= 4 is 22.1 Å². The van der Waals surface area contributed by atoms with Crippen molar-refractivity contribution in [1.29, 1.82) is 0 Å². The van der Waals surface area contributed by atoms with Gasteiger partial charge in [-0.25, -0.2) is 18.0 Å². The molecule has 39 heavy (non-hydrogen) atoms. The predicted octanol–water partition coefficient (Wildman–Crippen LogP) is 4.52. The zero-order chi connectivity index (χ0) is 28.1. The van der Waals surface area contributed by atoms with Crippen LogP contribution in [0.2, 0.25) is 0 Å². The van der Waals surface area contributed by atoms with Gasteiger partial charge in [-0.3, -0.25) is 0 Å². The summed E-state index contributed by atoms with van der Waals surface area (Å²) < 4.78 is 45.0. The minimum atomic E-state index is -4.81. The van der Waals surface area contributed by atoms with Crippen LogP contribution in [0.1, 0.15) is 124 Å². The smallest absolute Gasteiger partial charge is 0.744 e. The van der Waals surface area contributed by atoms with Crippen LogP contribution >= 0.6 is 0 Å². The molecule has 214 valence electrons. The van der Waals surface area contributed by atoms with Crippen LogP contribution in [0.3, 0.4) is 0 Å². The van der Waals surface area contributed by atoms with Gasteiger partial charge >= 0.3 is 41.5 Å². The molecule has 1 aromatic rings. The summed E-state index contributed by atoms with van der Waals surface area (Å²) in [6.45, 7) is 4.64. The minimum Gasteiger partial charge on any atom is -0.744 e. The molecule has 7 nitrogen and oxygen atoms in total. The Bertz CT molecular complexity index is 987. The van der Waals surface area contributed by atoms with Crippen molar-refractivity contribution in [2.45, 2.75) is 109 Å². The first kappa shape index (κ1) is 37.6. The number of esters is 2. The third kappa shape index (κ3) is 17.8. The first-order valence-corrected chi connectivity index (χ1v) is 15.5. The van der Waals surface area contributed by atoms with Crippen molar-refractivity contribution < 1.29 is 61.6 Å². The van der Waals surface area contributed by atoms with Gasteiger partial charge in [-0.05, 0) is 82.4 Å². The van der Waals surface area contributed by atoms with E-state index in [0.717, 1.165) is 56.7 Å². The zero-order valence-corrected chi connectivity index (χ0v) is 26.9. The topological polar surface area (TPSA) is 110 Å². The number of carbonyl (C=O) groups is 2. The molecule has 0 fully saturated rings. The van der Waals surface area contributed by atoms with Gasteiger partial charge in [0.05, 0.1) is 29.2 Å². The van der Waals surface area contributed by atoms with Crippen LogP contribution in [-0.2, 0) is 19.6 Å². The SMILES string of the molecule is CCCCC/C=C/CCCCOC(=O)c1ccc(S(=O)(=O)[O-])cc1C(=O)OCCCC/C=C/CCCCC.[Na+]. The summed E-state index contributed by atoms with van der Waals surface area (Å²) in [7, 11) is -4.81. The normalized spacial score (nSPS) is 11.6. The summed E-state index contributed by atoms with van der Waals surface area (Å²) in [5, 5.41) is 0. The van der Waals surface area contributed by atoms with E-state index in [2.05, 4.69) is 38.2 Å². The van der Waals surface area contributed by atoms with E-state index in [0.29, 0.717) is 12.8 Å². The number of rotatable bonds is 21. The van der Waals surface area contributed by atoms with Crippen LogP contribution in [0.4, 0.5) is 0 Å². The van der Waals surface area contributed by atoms with Crippen LogP contribution in [0, 0.1) is 0 Å². The molecule has 0 saturated carbocycles. The van der Waals surface area contributed by atoms with Crippen LogP contribution in [0.5, 0.6) is 0 Å². The molecule has 0 amide bonds. The first-order valence-electron chi connectivity index (χ1n) is 14.0. The number of hydrogen-bond acceptors (Lipinski definition) is 7. The Morgan fingerprint density at radius 2 is 1.10 bits per heavy atom. The zero-order valence-electron chi connectivity index (χ0n) is 24.1. The molecule has 0 saturated heterocycles. The minimum absolute atomic E-state index is 0. The van der Waals surface area contributed by atoms with Crippen LogP contribution in [0.25, 0.3) is 0 Å². The van der Waals surface area contributed by atoms with Gasteiger partial charge in [-0.2, -0.15) is 0 Å². The molecule has 1 aromatic carbocycles. The Morgan fingerprint density at radius 3 is 1.51 bits per heavy atom. The number of unbranched alkanes of at least 4 members (excludes halogenated alkanes) is 10. The fourth-order valence-electron chi connectivity index (χ4n) is 3.74. The summed E-state index contributed by atoms with van der Waals surface area (Å²) in [6, 6.07) is 3.03. The van der Waals surface area contributed by atoms with Gasteiger partial charge in [0.25, 0.3) is 0 Å². The van der Waals surface area contributed by atoms with Crippen LogP contribution in [0.15, 0.2) is 47.4 Å². The van der Waals surface area contributed by atoms with Crippen molar-refractivity contribution in [3.05, 3.63) is 53.6 Å². The maximum absolute atomic E-state index is 12.7. The largest absolute Gasteiger partial charge is 1.00 e.